The van der Waals surface area contributed by atoms with Gasteiger partial charge in [0.05, 0.1) is 0 Å². The highest BCUT2D eigenvalue weighted by atomic mass is 16.2. The number of carbonyl (C=O) groups excluding carboxylic acids is 1. The summed E-state index contributed by atoms with van der Waals surface area (Å²) in [6.45, 7) is 8.48. The quantitative estimate of drug-likeness (QED) is 0.730. The summed E-state index contributed by atoms with van der Waals surface area (Å²) in [5.41, 5.74) is 3.67. The fourth-order valence-corrected chi connectivity index (χ4v) is 6.88. The van der Waals surface area contributed by atoms with E-state index in [9.17, 15) is 4.79 Å². The van der Waals surface area contributed by atoms with E-state index in [1.54, 1.807) is 0 Å². The van der Waals surface area contributed by atoms with E-state index in [0.29, 0.717) is 11.6 Å². The lowest BCUT2D eigenvalue weighted by atomic mass is 9.78. The second-order valence-corrected chi connectivity index (χ2v) is 10.7. The fraction of sp³-hybridized carbons (Fsp3) is 0.846. The Morgan fingerprint density at radius 3 is 2.41 bits per heavy atom. The summed E-state index contributed by atoms with van der Waals surface area (Å²) >= 11 is 0. The van der Waals surface area contributed by atoms with Crippen molar-refractivity contribution >= 4 is 5.91 Å². The first kappa shape index (κ1) is 22.4. The summed E-state index contributed by atoms with van der Waals surface area (Å²) < 4.78 is 2.10. The average Bonchev–Trinajstić information content (AvgIpc) is 3.52. The summed E-state index contributed by atoms with van der Waals surface area (Å²) in [5, 5.41) is 8.85. The number of amides is 1. The van der Waals surface area contributed by atoms with Gasteiger partial charge >= 0.3 is 0 Å². The lowest BCUT2D eigenvalue weighted by Gasteiger charge is -2.49. The SMILES string of the molecule is CCn1nc(C(=O)N2CCCC2)c2c1CCC(NCC1(N3CCCCC3)CCCCC1)C2. The van der Waals surface area contributed by atoms with E-state index >= 15 is 0 Å². The largest absolute Gasteiger partial charge is 0.337 e. The monoisotopic (exact) mass is 441 g/mol. The minimum Gasteiger partial charge on any atom is -0.337 e. The van der Waals surface area contributed by atoms with Crippen LogP contribution >= 0.6 is 0 Å². The molecular weight excluding hydrogens is 398 g/mol. The second kappa shape index (κ2) is 9.84. The predicted octanol–water partition coefficient (Wildman–Crippen LogP) is 3.77. The molecule has 2 saturated heterocycles. The molecule has 0 radical (unpaired) electrons. The van der Waals surface area contributed by atoms with Crippen molar-refractivity contribution in [2.24, 2.45) is 0 Å². The summed E-state index contributed by atoms with van der Waals surface area (Å²) in [5.74, 6) is 0.170. The molecule has 1 amide bonds. The minimum absolute atomic E-state index is 0.170. The zero-order chi connectivity index (χ0) is 22.0. The van der Waals surface area contributed by atoms with Gasteiger partial charge in [-0.1, -0.05) is 25.7 Å². The molecular formula is C26H43N5O. The van der Waals surface area contributed by atoms with Gasteiger partial charge in [0.25, 0.3) is 5.91 Å². The Hall–Kier alpha value is -1.40. The van der Waals surface area contributed by atoms with Crippen molar-refractivity contribution in [1.29, 1.82) is 0 Å². The van der Waals surface area contributed by atoms with Crippen molar-refractivity contribution in [2.75, 3.05) is 32.7 Å². The number of fused-ring (bicyclic) bond motifs is 1. The van der Waals surface area contributed by atoms with E-state index in [0.717, 1.165) is 64.0 Å². The molecule has 1 aromatic heterocycles. The van der Waals surface area contributed by atoms with Crippen LogP contribution in [-0.2, 0) is 19.4 Å². The van der Waals surface area contributed by atoms with Gasteiger partial charge in [-0.25, -0.2) is 0 Å². The van der Waals surface area contributed by atoms with Gasteiger partial charge < -0.3 is 10.2 Å². The maximum absolute atomic E-state index is 13.2. The maximum Gasteiger partial charge on any atom is 0.274 e. The number of aromatic nitrogens is 2. The van der Waals surface area contributed by atoms with Crippen LogP contribution in [0.3, 0.4) is 0 Å². The van der Waals surface area contributed by atoms with Crippen LogP contribution in [0.4, 0.5) is 0 Å². The lowest BCUT2D eigenvalue weighted by Crippen LogP contribution is -2.59. The second-order valence-electron chi connectivity index (χ2n) is 10.7. The Morgan fingerprint density at radius 1 is 1.00 bits per heavy atom. The number of rotatable bonds is 6. The lowest BCUT2D eigenvalue weighted by molar-refractivity contribution is 0.0310. The molecule has 6 heteroatoms. The Morgan fingerprint density at radius 2 is 1.69 bits per heavy atom. The van der Waals surface area contributed by atoms with E-state index < -0.39 is 0 Å². The van der Waals surface area contributed by atoms with Gasteiger partial charge in [0, 0.05) is 49.0 Å². The molecule has 3 heterocycles. The van der Waals surface area contributed by atoms with Crippen molar-refractivity contribution in [3.63, 3.8) is 0 Å². The van der Waals surface area contributed by atoms with E-state index in [-0.39, 0.29) is 5.91 Å². The van der Waals surface area contributed by atoms with Crippen LogP contribution in [-0.4, -0.2) is 69.8 Å². The Kier molecular flexibility index (Phi) is 6.89. The maximum atomic E-state index is 13.2. The average molecular weight is 442 g/mol. The van der Waals surface area contributed by atoms with Gasteiger partial charge in [0.2, 0.25) is 0 Å². The number of likely N-dealkylation sites (tertiary alicyclic amines) is 2. The van der Waals surface area contributed by atoms with Gasteiger partial charge in [-0.05, 0) is 77.8 Å². The van der Waals surface area contributed by atoms with Gasteiger partial charge in [-0.3, -0.25) is 14.4 Å². The molecule has 2 aliphatic heterocycles. The number of hydrogen-bond donors (Lipinski definition) is 1. The standard InChI is InChI=1S/C26H43N5O/c1-2-31-23-12-11-21(19-22(23)24(28-31)25(32)29-15-9-10-16-29)27-20-26(13-5-3-6-14-26)30-17-7-4-8-18-30/h21,27H,2-20H2,1H3. The smallest absolute Gasteiger partial charge is 0.274 e. The van der Waals surface area contributed by atoms with Crippen molar-refractivity contribution in [2.45, 2.75) is 109 Å². The van der Waals surface area contributed by atoms with E-state index in [1.165, 1.54) is 75.7 Å². The third-order valence-corrected chi connectivity index (χ3v) is 8.77. The fourth-order valence-electron chi connectivity index (χ4n) is 6.88. The Labute approximate surface area is 194 Å². The van der Waals surface area contributed by atoms with Crippen LogP contribution in [0.2, 0.25) is 0 Å². The van der Waals surface area contributed by atoms with Crippen LogP contribution in [0, 0.1) is 0 Å². The molecule has 32 heavy (non-hydrogen) atoms. The minimum atomic E-state index is 0.170. The molecule has 3 fully saturated rings. The van der Waals surface area contributed by atoms with Crippen LogP contribution in [0.1, 0.15) is 99.3 Å². The molecule has 2 aliphatic carbocycles. The summed E-state index contributed by atoms with van der Waals surface area (Å²) in [7, 11) is 0. The highest BCUT2D eigenvalue weighted by molar-refractivity contribution is 5.94. The van der Waals surface area contributed by atoms with Crippen molar-refractivity contribution in [3.05, 3.63) is 17.0 Å². The third kappa shape index (κ3) is 4.37. The molecule has 1 saturated carbocycles. The molecule has 1 N–H and O–H groups in total. The normalized spacial score (nSPS) is 26.3. The van der Waals surface area contributed by atoms with E-state index in [1.807, 2.05) is 4.90 Å². The summed E-state index contributed by atoms with van der Waals surface area (Å²) in [6.07, 6.45) is 16.4. The zero-order valence-electron chi connectivity index (χ0n) is 20.2. The van der Waals surface area contributed by atoms with Crippen molar-refractivity contribution in [3.8, 4) is 0 Å². The molecule has 1 aromatic rings. The molecule has 1 atom stereocenters. The van der Waals surface area contributed by atoms with E-state index in [4.69, 9.17) is 5.10 Å². The molecule has 178 valence electrons. The number of nitrogens with zero attached hydrogens (tertiary/aromatic N) is 4. The molecule has 6 nitrogen and oxygen atoms in total. The van der Waals surface area contributed by atoms with Crippen molar-refractivity contribution in [1.82, 2.24) is 24.9 Å². The Balaban J connectivity index is 1.30. The third-order valence-electron chi connectivity index (χ3n) is 8.77. The highest BCUT2D eigenvalue weighted by Gasteiger charge is 2.39. The molecule has 0 bridgehead atoms. The van der Waals surface area contributed by atoms with Crippen LogP contribution < -0.4 is 5.32 Å². The van der Waals surface area contributed by atoms with Gasteiger partial charge in [-0.2, -0.15) is 5.10 Å². The van der Waals surface area contributed by atoms with Crippen LogP contribution in [0.15, 0.2) is 0 Å². The predicted molar refractivity (Wildman–Crippen MR) is 128 cm³/mol. The molecule has 4 aliphatic rings. The molecule has 0 spiro atoms. The first-order valence-electron chi connectivity index (χ1n) is 13.6. The van der Waals surface area contributed by atoms with Crippen LogP contribution in [0.25, 0.3) is 0 Å². The number of carbonyl (C=O) groups is 1. The number of piperidine rings is 1. The Bertz CT molecular complexity index is 784. The first-order valence-corrected chi connectivity index (χ1v) is 13.6. The zero-order valence-corrected chi connectivity index (χ0v) is 20.2. The molecule has 5 rings (SSSR count). The van der Waals surface area contributed by atoms with E-state index in [2.05, 4.69) is 21.8 Å². The topological polar surface area (TPSA) is 53.4 Å². The number of hydrogen-bond acceptors (Lipinski definition) is 4. The van der Waals surface area contributed by atoms with Gasteiger partial charge in [-0.15, -0.1) is 0 Å². The van der Waals surface area contributed by atoms with Crippen LogP contribution in [0.5, 0.6) is 0 Å². The summed E-state index contributed by atoms with van der Waals surface area (Å²) in [4.78, 5) is 18.1. The highest BCUT2D eigenvalue weighted by Crippen LogP contribution is 2.36. The number of aryl methyl sites for hydroxylation is 1. The first-order chi connectivity index (χ1) is 15.7. The van der Waals surface area contributed by atoms with Crippen molar-refractivity contribution < 1.29 is 4.79 Å². The molecule has 1 unspecified atom stereocenters. The van der Waals surface area contributed by atoms with Gasteiger partial charge in [0.1, 0.15) is 0 Å². The van der Waals surface area contributed by atoms with Gasteiger partial charge in [0.15, 0.2) is 5.69 Å². The molecule has 0 aromatic carbocycles. The summed E-state index contributed by atoms with van der Waals surface area (Å²) in [6, 6.07) is 0.464. The number of nitrogens with one attached hydrogen (secondary N) is 1.